The van der Waals surface area contributed by atoms with Gasteiger partial charge in [-0.3, -0.25) is 4.79 Å². The van der Waals surface area contributed by atoms with Crippen LogP contribution in [-0.2, 0) is 0 Å². The molecule has 1 saturated heterocycles. The van der Waals surface area contributed by atoms with Gasteiger partial charge in [0, 0.05) is 39.9 Å². The van der Waals surface area contributed by atoms with E-state index < -0.39 is 0 Å². The number of benzene rings is 1. The number of carbonyl (C=O) groups excluding carboxylic acids is 1. The van der Waals surface area contributed by atoms with Crippen LogP contribution in [0.2, 0.25) is 5.02 Å². The standard InChI is InChI=1S/C13H16ClNOS/c1-9-10(2)17-6-5-15(9)13-7-12(14)4-3-11(13)8-16/h3-4,7-10H,5-6H2,1-2H3. The van der Waals surface area contributed by atoms with E-state index in [-0.39, 0.29) is 0 Å². The van der Waals surface area contributed by atoms with Crippen LogP contribution in [0.5, 0.6) is 0 Å². The molecule has 0 bridgehead atoms. The molecule has 1 aliphatic rings. The van der Waals surface area contributed by atoms with Gasteiger partial charge >= 0.3 is 0 Å². The molecule has 1 heterocycles. The number of carbonyl (C=O) groups is 1. The first-order valence-electron chi connectivity index (χ1n) is 5.76. The predicted octanol–water partition coefficient (Wildman–Crippen LogP) is 3.48. The van der Waals surface area contributed by atoms with Gasteiger partial charge in [-0.15, -0.1) is 0 Å². The lowest BCUT2D eigenvalue weighted by atomic mass is 10.1. The molecule has 2 rings (SSSR count). The summed E-state index contributed by atoms with van der Waals surface area (Å²) in [5, 5.41) is 1.26. The van der Waals surface area contributed by atoms with Crippen molar-refractivity contribution in [3.63, 3.8) is 0 Å². The van der Waals surface area contributed by atoms with Gasteiger partial charge in [0.2, 0.25) is 0 Å². The zero-order valence-corrected chi connectivity index (χ0v) is 11.6. The zero-order chi connectivity index (χ0) is 12.4. The SMILES string of the molecule is CC1SCCN(c2cc(Cl)ccc2C=O)C1C. The van der Waals surface area contributed by atoms with E-state index in [1.807, 2.05) is 17.8 Å². The third kappa shape index (κ3) is 2.61. The normalized spacial score (nSPS) is 24.8. The quantitative estimate of drug-likeness (QED) is 0.767. The van der Waals surface area contributed by atoms with E-state index in [4.69, 9.17) is 11.6 Å². The summed E-state index contributed by atoms with van der Waals surface area (Å²) in [7, 11) is 0. The van der Waals surface area contributed by atoms with Crippen LogP contribution in [0.3, 0.4) is 0 Å². The van der Waals surface area contributed by atoms with E-state index >= 15 is 0 Å². The molecule has 92 valence electrons. The first kappa shape index (κ1) is 12.8. The van der Waals surface area contributed by atoms with Gasteiger partial charge in [0.1, 0.15) is 0 Å². The summed E-state index contributed by atoms with van der Waals surface area (Å²) < 4.78 is 0. The minimum atomic E-state index is 0.422. The van der Waals surface area contributed by atoms with Crippen molar-refractivity contribution in [3.8, 4) is 0 Å². The van der Waals surface area contributed by atoms with Crippen molar-refractivity contribution in [2.45, 2.75) is 25.1 Å². The highest BCUT2D eigenvalue weighted by atomic mass is 35.5. The second-order valence-electron chi connectivity index (χ2n) is 4.33. The maximum Gasteiger partial charge on any atom is 0.152 e. The molecule has 0 N–H and O–H groups in total. The Morgan fingerprint density at radius 3 is 2.94 bits per heavy atom. The largest absolute Gasteiger partial charge is 0.366 e. The van der Waals surface area contributed by atoms with Crippen molar-refractivity contribution in [1.29, 1.82) is 0 Å². The number of aldehydes is 1. The number of halogens is 1. The lowest BCUT2D eigenvalue weighted by Crippen LogP contribution is -2.45. The van der Waals surface area contributed by atoms with Crippen molar-refractivity contribution < 1.29 is 4.79 Å². The van der Waals surface area contributed by atoms with Gasteiger partial charge in [-0.2, -0.15) is 11.8 Å². The third-order valence-electron chi connectivity index (χ3n) is 3.31. The molecule has 2 atom stereocenters. The highest BCUT2D eigenvalue weighted by Gasteiger charge is 2.26. The highest BCUT2D eigenvalue weighted by molar-refractivity contribution is 8.00. The molecule has 1 fully saturated rings. The van der Waals surface area contributed by atoms with Gasteiger partial charge in [-0.05, 0) is 25.1 Å². The molecule has 0 amide bonds. The number of rotatable bonds is 2. The average Bonchev–Trinajstić information content (AvgIpc) is 2.33. The Morgan fingerprint density at radius 1 is 1.47 bits per heavy atom. The van der Waals surface area contributed by atoms with Crippen LogP contribution < -0.4 is 4.90 Å². The van der Waals surface area contributed by atoms with Crippen LogP contribution in [0.4, 0.5) is 5.69 Å². The first-order valence-corrected chi connectivity index (χ1v) is 7.19. The summed E-state index contributed by atoms with van der Waals surface area (Å²) in [4.78, 5) is 13.4. The van der Waals surface area contributed by atoms with Crippen LogP contribution in [0.15, 0.2) is 18.2 Å². The number of thioether (sulfide) groups is 1. The molecule has 17 heavy (non-hydrogen) atoms. The molecule has 1 aromatic carbocycles. The lowest BCUT2D eigenvalue weighted by Gasteiger charge is -2.39. The molecule has 0 aromatic heterocycles. The smallest absolute Gasteiger partial charge is 0.152 e. The van der Waals surface area contributed by atoms with E-state index in [0.717, 1.165) is 29.8 Å². The van der Waals surface area contributed by atoms with Gasteiger partial charge in [0.15, 0.2) is 6.29 Å². The van der Waals surface area contributed by atoms with E-state index in [2.05, 4.69) is 18.7 Å². The summed E-state index contributed by atoms with van der Waals surface area (Å²) in [6.07, 6.45) is 0.908. The number of anilines is 1. The maximum atomic E-state index is 11.1. The summed E-state index contributed by atoms with van der Waals surface area (Å²) in [6.45, 7) is 5.40. The fourth-order valence-corrected chi connectivity index (χ4v) is 3.40. The molecule has 1 aliphatic heterocycles. The maximum absolute atomic E-state index is 11.1. The second-order valence-corrected chi connectivity index (χ2v) is 6.25. The predicted molar refractivity (Wildman–Crippen MR) is 75.6 cm³/mol. The van der Waals surface area contributed by atoms with Crippen LogP contribution >= 0.6 is 23.4 Å². The van der Waals surface area contributed by atoms with Gasteiger partial charge in [-0.25, -0.2) is 0 Å². The van der Waals surface area contributed by atoms with Gasteiger partial charge in [0.25, 0.3) is 0 Å². The van der Waals surface area contributed by atoms with Crippen molar-refractivity contribution in [1.82, 2.24) is 0 Å². The molecule has 4 heteroatoms. The Bertz CT molecular complexity index is 424. The molecular formula is C13H16ClNOS. The van der Waals surface area contributed by atoms with E-state index in [1.165, 1.54) is 0 Å². The monoisotopic (exact) mass is 269 g/mol. The fraction of sp³-hybridized carbons (Fsp3) is 0.462. The summed E-state index contributed by atoms with van der Waals surface area (Å²) >= 11 is 8.01. The molecule has 0 saturated carbocycles. The van der Waals surface area contributed by atoms with E-state index in [1.54, 1.807) is 12.1 Å². The Morgan fingerprint density at radius 2 is 2.24 bits per heavy atom. The Hall–Kier alpha value is -0.670. The number of hydrogen-bond donors (Lipinski definition) is 0. The zero-order valence-electron chi connectivity index (χ0n) is 10.0. The van der Waals surface area contributed by atoms with Crippen molar-refractivity contribution in [3.05, 3.63) is 28.8 Å². The minimum Gasteiger partial charge on any atom is -0.366 e. The van der Waals surface area contributed by atoms with Crippen LogP contribution in [-0.4, -0.2) is 29.9 Å². The summed E-state index contributed by atoms with van der Waals surface area (Å²) in [5.74, 6) is 1.09. The third-order valence-corrected chi connectivity index (χ3v) is 4.89. The highest BCUT2D eigenvalue weighted by Crippen LogP contribution is 2.32. The molecular weight excluding hydrogens is 254 g/mol. The van der Waals surface area contributed by atoms with E-state index in [0.29, 0.717) is 16.3 Å². The van der Waals surface area contributed by atoms with Crippen LogP contribution in [0.1, 0.15) is 24.2 Å². The molecule has 0 spiro atoms. The first-order chi connectivity index (χ1) is 8.13. The average molecular weight is 270 g/mol. The fourth-order valence-electron chi connectivity index (χ4n) is 2.14. The molecule has 1 aromatic rings. The van der Waals surface area contributed by atoms with Crippen molar-refractivity contribution in [2.75, 3.05) is 17.2 Å². The number of hydrogen-bond acceptors (Lipinski definition) is 3. The Balaban J connectivity index is 2.37. The second kappa shape index (κ2) is 5.32. The molecule has 2 nitrogen and oxygen atoms in total. The molecule has 2 unspecified atom stereocenters. The van der Waals surface area contributed by atoms with Crippen LogP contribution in [0.25, 0.3) is 0 Å². The van der Waals surface area contributed by atoms with Crippen LogP contribution in [0, 0.1) is 0 Å². The van der Waals surface area contributed by atoms with Gasteiger partial charge in [0.05, 0.1) is 0 Å². The van der Waals surface area contributed by atoms with Gasteiger partial charge in [-0.1, -0.05) is 18.5 Å². The minimum absolute atomic E-state index is 0.422. The molecule has 0 aliphatic carbocycles. The van der Waals surface area contributed by atoms with E-state index in [9.17, 15) is 4.79 Å². The topological polar surface area (TPSA) is 20.3 Å². The summed E-state index contributed by atoms with van der Waals surface area (Å²) in [5.41, 5.74) is 1.69. The van der Waals surface area contributed by atoms with Crippen molar-refractivity contribution >= 4 is 35.3 Å². The Kier molecular flexibility index (Phi) is 4.00. The summed E-state index contributed by atoms with van der Waals surface area (Å²) in [6, 6.07) is 5.88. The lowest BCUT2D eigenvalue weighted by molar-refractivity contribution is 0.112. The van der Waals surface area contributed by atoms with Gasteiger partial charge < -0.3 is 4.90 Å². The molecule has 0 radical (unpaired) electrons. The number of nitrogens with zero attached hydrogens (tertiary/aromatic N) is 1. The Labute approximate surface area is 111 Å². The van der Waals surface area contributed by atoms with Crippen molar-refractivity contribution in [2.24, 2.45) is 0 Å².